The molecular weight excluding hydrogens is 317 g/mol. The third-order valence-corrected chi connectivity index (χ3v) is 5.24. The van der Waals surface area contributed by atoms with Crippen molar-refractivity contribution in [2.75, 3.05) is 17.3 Å². The number of rotatable bonds is 6. The number of anilines is 2. The SMILES string of the molecule is CC1CCC(NC(=O)C(C)Nc2ccc(N(C)C(C)C)c(F)c2)CC1. The maximum absolute atomic E-state index is 14.3. The average molecular weight is 349 g/mol. The van der Waals surface area contributed by atoms with Crippen LogP contribution in [0.1, 0.15) is 53.4 Å². The molecule has 25 heavy (non-hydrogen) atoms. The predicted molar refractivity (Wildman–Crippen MR) is 103 cm³/mol. The number of carbonyl (C=O) groups excluding carboxylic acids is 1. The molecule has 0 spiro atoms. The van der Waals surface area contributed by atoms with Gasteiger partial charge in [0.15, 0.2) is 0 Å². The first-order valence-electron chi connectivity index (χ1n) is 9.37. The molecule has 1 amide bonds. The Hall–Kier alpha value is -1.78. The molecule has 1 aromatic rings. The van der Waals surface area contributed by atoms with Crippen LogP contribution in [0.5, 0.6) is 0 Å². The van der Waals surface area contributed by atoms with Crippen LogP contribution in [-0.4, -0.2) is 31.1 Å². The van der Waals surface area contributed by atoms with Crippen molar-refractivity contribution < 1.29 is 9.18 Å². The van der Waals surface area contributed by atoms with Crippen LogP contribution in [0, 0.1) is 11.7 Å². The zero-order chi connectivity index (χ0) is 18.6. The summed E-state index contributed by atoms with van der Waals surface area (Å²) in [6, 6.07) is 5.13. The van der Waals surface area contributed by atoms with Crippen LogP contribution in [0.4, 0.5) is 15.8 Å². The van der Waals surface area contributed by atoms with Crippen LogP contribution < -0.4 is 15.5 Å². The lowest BCUT2D eigenvalue weighted by Gasteiger charge is -2.28. The Bertz CT molecular complexity index is 582. The van der Waals surface area contributed by atoms with Crippen molar-refractivity contribution >= 4 is 17.3 Å². The largest absolute Gasteiger partial charge is 0.374 e. The van der Waals surface area contributed by atoms with Gasteiger partial charge in [0, 0.05) is 24.8 Å². The van der Waals surface area contributed by atoms with E-state index in [0.717, 1.165) is 18.8 Å². The molecule has 1 saturated carbocycles. The van der Waals surface area contributed by atoms with E-state index in [1.165, 1.54) is 18.9 Å². The Morgan fingerprint density at radius 1 is 1.20 bits per heavy atom. The highest BCUT2D eigenvalue weighted by molar-refractivity contribution is 5.84. The van der Waals surface area contributed by atoms with Crippen molar-refractivity contribution in [3.05, 3.63) is 24.0 Å². The minimum atomic E-state index is -0.396. The molecule has 1 aromatic carbocycles. The number of nitrogens with one attached hydrogen (secondary N) is 2. The van der Waals surface area contributed by atoms with Gasteiger partial charge >= 0.3 is 0 Å². The number of benzene rings is 1. The molecule has 2 rings (SSSR count). The van der Waals surface area contributed by atoms with Crippen molar-refractivity contribution in [2.45, 2.75) is 71.5 Å². The van der Waals surface area contributed by atoms with Crippen LogP contribution >= 0.6 is 0 Å². The first-order valence-corrected chi connectivity index (χ1v) is 9.37. The molecule has 140 valence electrons. The van der Waals surface area contributed by atoms with Crippen molar-refractivity contribution in [3.8, 4) is 0 Å². The number of halogens is 1. The molecule has 1 aliphatic carbocycles. The molecule has 5 heteroatoms. The zero-order valence-corrected chi connectivity index (χ0v) is 16.1. The molecule has 1 fully saturated rings. The number of hydrogen-bond donors (Lipinski definition) is 2. The summed E-state index contributed by atoms with van der Waals surface area (Å²) in [6.45, 7) is 8.11. The fourth-order valence-corrected chi connectivity index (χ4v) is 3.21. The molecule has 1 aliphatic rings. The van der Waals surface area contributed by atoms with E-state index in [-0.39, 0.29) is 23.8 Å². The fourth-order valence-electron chi connectivity index (χ4n) is 3.21. The van der Waals surface area contributed by atoms with Crippen molar-refractivity contribution in [1.29, 1.82) is 0 Å². The van der Waals surface area contributed by atoms with Gasteiger partial charge in [-0.1, -0.05) is 6.92 Å². The van der Waals surface area contributed by atoms with Crippen LogP contribution in [0.15, 0.2) is 18.2 Å². The summed E-state index contributed by atoms with van der Waals surface area (Å²) < 4.78 is 14.3. The van der Waals surface area contributed by atoms with Crippen LogP contribution in [0.2, 0.25) is 0 Å². The maximum atomic E-state index is 14.3. The van der Waals surface area contributed by atoms with Gasteiger partial charge in [0.25, 0.3) is 0 Å². The molecule has 0 aliphatic heterocycles. The first kappa shape index (κ1) is 19.5. The molecule has 0 bridgehead atoms. The summed E-state index contributed by atoms with van der Waals surface area (Å²) >= 11 is 0. The van der Waals surface area contributed by atoms with Gasteiger partial charge in [0.2, 0.25) is 5.91 Å². The van der Waals surface area contributed by atoms with Gasteiger partial charge < -0.3 is 15.5 Å². The Morgan fingerprint density at radius 2 is 1.84 bits per heavy atom. The quantitative estimate of drug-likeness (QED) is 0.810. The molecule has 2 N–H and O–H groups in total. The van der Waals surface area contributed by atoms with Gasteiger partial charge in [0.1, 0.15) is 11.9 Å². The number of carbonyl (C=O) groups is 1. The van der Waals surface area contributed by atoms with E-state index >= 15 is 0 Å². The minimum absolute atomic E-state index is 0.0247. The summed E-state index contributed by atoms with van der Waals surface area (Å²) in [4.78, 5) is 14.3. The highest BCUT2D eigenvalue weighted by Gasteiger charge is 2.22. The lowest BCUT2D eigenvalue weighted by molar-refractivity contribution is -0.122. The second kappa shape index (κ2) is 8.54. The summed E-state index contributed by atoms with van der Waals surface area (Å²) in [7, 11) is 1.87. The fraction of sp³-hybridized carbons (Fsp3) is 0.650. The van der Waals surface area contributed by atoms with E-state index in [1.807, 2.05) is 38.8 Å². The monoisotopic (exact) mass is 349 g/mol. The van der Waals surface area contributed by atoms with Gasteiger partial charge in [-0.05, 0) is 70.6 Å². The highest BCUT2D eigenvalue weighted by atomic mass is 19.1. The van der Waals surface area contributed by atoms with Crippen molar-refractivity contribution in [2.24, 2.45) is 5.92 Å². The second-order valence-electron chi connectivity index (χ2n) is 7.70. The Balaban J connectivity index is 1.92. The predicted octanol–water partition coefficient (Wildman–Crippen LogP) is 4.17. The molecule has 0 radical (unpaired) electrons. The topological polar surface area (TPSA) is 44.4 Å². The lowest BCUT2D eigenvalue weighted by atomic mass is 9.87. The average Bonchev–Trinajstić information content (AvgIpc) is 2.56. The Kier molecular flexibility index (Phi) is 6.68. The normalized spacial score (nSPS) is 21.7. The van der Waals surface area contributed by atoms with Crippen LogP contribution in [0.25, 0.3) is 0 Å². The van der Waals surface area contributed by atoms with E-state index in [9.17, 15) is 9.18 Å². The summed E-state index contributed by atoms with van der Waals surface area (Å²) in [5, 5.41) is 6.22. The van der Waals surface area contributed by atoms with E-state index in [0.29, 0.717) is 11.4 Å². The summed E-state index contributed by atoms with van der Waals surface area (Å²) in [6.07, 6.45) is 4.43. The molecule has 1 atom stereocenters. The molecule has 0 heterocycles. The van der Waals surface area contributed by atoms with Gasteiger partial charge in [-0.3, -0.25) is 4.79 Å². The number of hydrogen-bond acceptors (Lipinski definition) is 3. The van der Waals surface area contributed by atoms with Crippen molar-refractivity contribution in [1.82, 2.24) is 5.32 Å². The maximum Gasteiger partial charge on any atom is 0.242 e. The third kappa shape index (κ3) is 5.35. The Morgan fingerprint density at radius 3 is 2.40 bits per heavy atom. The minimum Gasteiger partial charge on any atom is -0.374 e. The highest BCUT2D eigenvalue weighted by Crippen LogP contribution is 2.25. The standard InChI is InChI=1S/C20H32FN3O/c1-13(2)24(5)19-11-10-17(12-18(19)21)22-15(4)20(25)23-16-8-6-14(3)7-9-16/h10-16,22H,6-9H2,1-5H3,(H,23,25). The van der Waals surface area contributed by atoms with E-state index < -0.39 is 6.04 Å². The smallest absolute Gasteiger partial charge is 0.242 e. The van der Waals surface area contributed by atoms with Gasteiger partial charge in [-0.25, -0.2) is 4.39 Å². The number of amides is 1. The van der Waals surface area contributed by atoms with Crippen LogP contribution in [-0.2, 0) is 4.79 Å². The molecule has 4 nitrogen and oxygen atoms in total. The number of nitrogens with zero attached hydrogens (tertiary/aromatic N) is 1. The Labute approximate surface area is 151 Å². The molecular formula is C20H32FN3O. The van der Waals surface area contributed by atoms with Crippen LogP contribution in [0.3, 0.4) is 0 Å². The molecule has 0 aromatic heterocycles. The van der Waals surface area contributed by atoms with Gasteiger partial charge in [-0.2, -0.15) is 0 Å². The van der Waals surface area contributed by atoms with Gasteiger partial charge in [0.05, 0.1) is 5.69 Å². The first-order chi connectivity index (χ1) is 11.8. The van der Waals surface area contributed by atoms with E-state index in [1.54, 1.807) is 6.07 Å². The third-order valence-electron chi connectivity index (χ3n) is 5.24. The second-order valence-corrected chi connectivity index (χ2v) is 7.70. The molecule has 0 saturated heterocycles. The summed E-state index contributed by atoms with van der Waals surface area (Å²) in [5.41, 5.74) is 1.19. The lowest BCUT2D eigenvalue weighted by Crippen LogP contribution is -2.44. The van der Waals surface area contributed by atoms with Crippen molar-refractivity contribution in [3.63, 3.8) is 0 Å². The van der Waals surface area contributed by atoms with E-state index in [2.05, 4.69) is 17.6 Å². The zero-order valence-electron chi connectivity index (χ0n) is 16.1. The van der Waals surface area contributed by atoms with Gasteiger partial charge in [-0.15, -0.1) is 0 Å². The molecule has 1 unspecified atom stereocenters. The van der Waals surface area contributed by atoms with E-state index in [4.69, 9.17) is 0 Å². The summed E-state index contributed by atoms with van der Waals surface area (Å²) in [5.74, 6) is 0.451.